The second kappa shape index (κ2) is 6.65. The zero-order valence-electron chi connectivity index (χ0n) is 11.5. The molecule has 1 rings (SSSR count). The van der Waals surface area contributed by atoms with Gasteiger partial charge < -0.3 is 9.47 Å². The van der Waals surface area contributed by atoms with E-state index >= 15 is 0 Å². The molecule has 0 unspecified atom stereocenters. The molecule has 0 fully saturated rings. The Morgan fingerprint density at radius 2 is 1.82 bits per heavy atom. The van der Waals surface area contributed by atoms with E-state index in [4.69, 9.17) is 9.47 Å². The van der Waals surface area contributed by atoms with E-state index in [0.29, 0.717) is 13.2 Å². The molecule has 96 valence electrons. The topological polar surface area (TPSA) is 18.5 Å². The van der Waals surface area contributed by atoms with E-state index in [1.165, 1.54) is 5.56 Å². The minimum absolute atomic E-state index is 0.165. The molecule has 0 amide bonds. The van der Waals surface area contributed by atoms with Crippen molar-refractivity contribution in [2.45, 2.75) is 39.5 Å². The third-order valence-electron chi connectivity index (χ3n) is 2.54. The fraction of sp³-hybridized carbons (Fsp3) is 0.600. The molecule has 0 aliphatic heterocycles. The maximum Gasteiger partial charge on any atom is 0.119 e. The van der Waals surface area contributed by atoms with Crippen LogP contribution in [0.25, 0.3) is 0 Å². The van der Waals surface area contributed by atoms with Gasteiger partial charge in [-0.05, 0) is 29.5 Å². The summed E-state index contributed by atoms with van der Waals surface area (Å²) in [6.07, 6.45) is 1.06. The lowest BCUT2D eigenvalue weighted by Gasteiger charge is -2.19. The second-order valence-electron chi connectivity index (χ2n) is 5.24. The van der Waals surface area contributed by atoms with Crippen molar-refractivity contribution in [1.29, 1.82) is 0 Å². The van der Waals surface area contributed by atoms with E-state index < -0.39 is 0 Å². The molecule has 0 aliphatic carbocycles. The van der Waals surface area contributed by atoms with Gasteiger partial charge in [0.25, 0.3) is 0 Å². The van der Waals surface area contributed by atoms with Gasteiger partial charge in [0.05, 0.1) is 6.61 Å². The number of benzene rings is 1. The molecule has 0 saturated heterocycles. The van der Waals surface area contributed by atoms with Crippen LogP contribution in [0.3, 0.4) is 0 Å². The Hall–Kier alpha value is -1.02. The smallest absolute Gasteiger partial charge is 0.119 e. The van der Waals surface area contributed by atoms with E-state index in [1.807, 2.05) is 12.1 Å². The van der Waals surface area contributed by atoms with E-state index in [2.05, 4.69) is 39.8 Å². The molecule has 2 nitrogen and oxygen atoms in total. The fourth-order valence-corrected chi connectivity index (χ4v) is 1.52. The van der Waals surface area contributed by atoms with Crippen LogP contribution in [0, 0.1) is 0 Å². The molecular weight excluding hydrogens is 212 g/mol. The first kappa shape index (κ1) is 14.0. The highest BCUT2D eigenvalue weighted by molar-refractivity contribution is 5.32. The Labute approximate surface area is 105 Å². The van der Waals surface area contributed by atoms with Gasteiger partial charge >= 0.3 is 0 Å². The van der Waals surface area contributed by atoms with Gasteiger partial charge in [-0.15, -0.1) is 0 Å². The predicted octanol–water partition coefficient (Wildman–Crippen LogP) is 3.79. The van der Waals surface area contributed by atoms with Crippen LogP contribution in [-0.2, 0) is 10.2 Å². The highest BCUT2D eigenvalue weighted by Crippen LogP contribution is 2.25. The molecule has 0 saturated carbocycles. The summed E-state index contributed by atoms with van der Waals surface area (Å²) in [6, 6.07) is 8.29. The predicted molar refractivity (Wildman–Crippen MR) is 71.7 cm³/mol. The first-order valence-electron chi connectivity index (χ1n) is 6.35. The summed E-state index contributed by atoms with van der Waals surface area (Å²) < 4.78 is 11.0. The van der Waals surface area contributed by atoms with Crippen LogP contribution in [-0.4, -0.2) is 19.8 Å². The lowest BCUT2D eigenvalue weighted by atomic mass is 9.87. The lowest BCUT2D eigenvalue weighted by molar-refractivity contribution is 0.101. The first-order chi connectivity index (χ1) is 8.04. The van der Waals surface area contributed by atoms with Crippen LogP contribution in [0.4, 0.5) is 0 Å². The van der Waals surface area contributed by atoms with Gasteiger partial charge in [-0.25, -0.2) is 0 Å². The summed E-state index contributed by atoms with van der Waals surface area (Å²) in [6.45, 7) is 10.8. The van der Waals surface area contributed by atoms with Crippen LogP contribution in [0.5, 0.6) is 5.75 Å². The maximum atomic E-state index is 5.66. The Bertz CT molecular complexity index is 326. The third-order valence-corrected chi connectivity index (χ3v) is 2.54. The SMILES string of the molecule is CCCOCCOc1cccc(C(C)(C)C)c1. The van der Waals surface area contributed by atoms with Crippen molar-refractivity contribution in [3.8, 4) is 5.75 Å². The van der Waals surface area contributed by atoms with E-state index in [9.17, 15) is 0 Å². The van der Waals surface area contributed by atoms with Gasteiger partial charge in [0.2, 0.25) is 0 Å². The molecular formula is C15H24O2. The molecule has 2 heteroatoms. The average Bonchev–Trinajstić information content (AvgIpc) is 2.28. The van der Waals surface area contributed by atoms with Crippen LogP contribution in [0.1, 0.15) is 39.7 Å². The largest absolute Gasteiger partial charge is 0.491 e. The highest BCUT2D eigenvalue weighted by Gasteiger charge is 2.13. The minimum Gasteiger partial charge on any atom is -0.491 e. The summed E-state index contributed by atoms with van der Waals surface area (Å²) in [7, 11) is 0. The van der Waals surface area contributed by atoms with E-state index in [-0.39, 0.29) is 5.41 Å². The van der Waals surface area contributed by atoms with Crippen LogP contribution in [0.15, 0.2) is 24.3 Å². The molecule has 0 spiro atoms. The summed E-state index contributed by atoms with van der Waals surface area (Å²) in [4.78, 5) is 0. The van der Waals surface area contributed by atoms with E-state index in [0.717, 1.165) is 18.8 Å². The fourth-order valence-electron chi connectivity index (χ4n) is 1.52. The molecule has 0 bridgehead atoms. The number of hydrogen-bond acceptors (Lipinski definition) is 2. The van der Waals surface area contributed by atoms with Gasteiger partial charge in [0.1, 0.15) is 12.4 Å². The Morgan fingerprint density at radius 3 is 2.47 bits per heavy atom. The third kappa shape index (κ3) is 5.22. The maximum absolute atomic E-state index is 5.66. The number of ether oxygens (including phenoxy) is 2. The molecule has 1 aromatic rings. The van der Waals surface area contributed by atoms with Crippen LogP contribution >= 0.6 is 0 Å². The van der Waals surface area contributed by atoms with Gasteiger partial charge in [-0.3, -0.25) is 0 Å². The van der Waals surface area contributed by atoms with Gasteiger partial charge in [0, 0.05) is 6.61 Å². The normalized spacial score (nSPS) is 11.5. The summed E-state index contributed by atoms with van der Waals surface area (Å²) in [5.41, 5.74) is 1.46. The van der Waals surface area contributed by atoms with Crippen molar-refractivity contribution in [3.63, 3.8) is 0 Å². The molecule has 0 radical (unpaired) electrons. The molecule has 0 N–H and O–H groups in total. The summed E-state index contributed by atoms with van der Waals surface area (Å²) in [5.74, 6) is 0.928. The molecule has 1 aromatic carbocycles. The molecule has 0 aromatic heterocycles. The van der Waals surface area contributed by atoms with Crippen molar-refractivity contribution in [2.24, 2.45) is 0 Å². The monoisotopic (exact) mass is 236 g/mol. The van der Waals surface area contributed by atoms with Gasteiger partial charge in [-0.1, -0.05) is 39.8 Å². The van der Waals surface area contributed by atoms with Crippen LogP contribution < -0.4 is 4.74 Å². The Kier molecular flexibility index (Phi) is 5.49. The van der Waals surface area contributed by atoms with Crippen molar-refractivity contribution in [3.05, 3.63) is 29.8 Å². The van der Waals surface area contributed by atoms with Crippen molar-refractivity contribution < 1.29 is 9.47 Å². The van der Waals surface area contributed by atoms with Gasteiger partial charge in [-0.2, -0.15) is 0 Å². The number of rotatable bonds is 6. The molecule has 0 heterocycles. The zero-order chi connectivity index (χ0) is 12.7. The summed E-state index contributed by atoms with van der Waals surface area (Å²) >= 11 is 0. The van der Waals surface area contributed by atoms with Crippen molar-refractivity contribution in [2.75, 3.05) is 19.8 Å². The Balaban J connectivity index is 2.44. The quantitative estimate of drug-likeness (QED) is 0.700. The highest BCUT2D eigenvalue weighted by atomic mass is 16.5. The first-order valence-corrected chi connectivity index (χ1v) is 6.35. The second-order valence-corrected chi connectivity index (χ2v) is 5.24. The zero-order valence-corrected chi connectivity index (χ0v) is 11.5. The van der Waals surface area contributed by atoms with Crippen molar-refractivity contribution >= 4 is 0 Å². The standard InChI is InChI=1S/C15H24O2/c1-5-9-16-10-11-17-14-8-6-7-13(12-14)15(2,3)4/h6-8,12H,5,9-11H2,1-4H3. The average molecular weight is 236 g/mol. The molecule has 17 heavy (non-hydrogen) atoms. The van der Waals surface area contributed by atoms with E-state index in [1.54, 1.807) is 0 Å². The Morgan fingerprint density at radius 1 is 1.06 bits per heavy atom. The van der Waals surface area contributed by atoms with Crippen LogP contribution in [0.2, 0.25) is 0 Å². The molecule has 0 aliphatic rings. The number of hydrogen-bond donors (Lipinski definition) is 0. The molecule has 0 atom stereocenters. The van der Waals surface area contributed by atoms with Gasteiger partial charge in [0.15, 0.2) is 0 Å². The minimum atomic E-state index is 0.165. The lowest BCUT2D eigenvalue weighted by Crippen LogP contribution is -2.12. The summed E-state index contributed by atoms with van der Waals surface area (Å²) in [5, 5.41) is 0. The van der Waals surface area contributed by atoms with Crippen molar-refractivity contribution in [1.82, 2.24) is 0 Å².